The van der Waals surface area contributed by atoms with Crippen LogP contribution in [0.4, 0.5) is 0 Å². The summed E-state index contributed by atoms with van der Waals surface area (Å²) in [6.45, 7) is 13.1. The molecule has 21 heavy (non-hydrogen) atoms. The van der Waals surface area contributed by atoms with E-state index in [-0.39, 0.29) is 17.5 Å². The molecule has 0 aromatic carbocycles. The van der Waals surface area contributed by atoms with Crippen LogP contribution in [0.25, 0.3) is 0 Å². The molecule has 0 rings (SSSR count). The Morgan fingerprint density at radius 2 is 1.57 bits per heavy atom. The van der Waals surface area contributed by atoms with Crippen molar-refractivity contribution in [2.45, 2.75) is 105 Å². The average molecular weight is 299 g/mol. The van der Waals surface area contributed by atoms with E-state index in [4.69, 9.17) is 4.74 Å². The van der Waals surface area contributed by atoms with E-state index in [1.54, 1.807) is 0 Å². The summed E-state index contributed by atoms with van der Waals surface area (Å²) in [4.78, 5) is 11.9. The molecule has 0 bridgehead atoms. The van der Waals surface area contributed by atoms with Crippen molar-refractivity contribution in [2.24, 2.45) is 11.3 Å². The van der Waals surface area contributed by atoms with Crippen molar-refractivity contribution in [1.82, 2.24) is 0 Å². The lowest BCUT2D eigenvalue weighted by Crippen LogP contribution is -2.19. The smallest absolute Gasteiger partial charge is 0.306 e. The maximum absolute atomic E-state index is 11.9. The fourth-order valence-electron chi connectivity index (χ4n) is 2.95. The zero-order chi connectivity index (χ0) is 16.3. The Balaban J connectivity index is 3.69. The van der Waals surface area contributed by atoms with Gasteiger partial charge < -0.3 is 4.74 Å². The first-order chi connectivity index (χ1) is 9.74. The lowest BCUT2D eigenvalue weighted by molar-refractivity contribution is -0.149. The van der Waals surface area contributed by atoms with Gasteiger partial charge in [-0.2, -0.15) is 0 Å². The molecule has 0 saturated heterocycles. The van der Waals surface area contributed by atoms with Gasteiger partial charge in [0.15, 0.2) is 0 Å². The molecule has 126 valence electrons. The van der Waals surface area contributed by atoms with E-state index in [1.165, 1.54) is 38.5 Å². The Bertz CT molecular complexity index is 265. The van der Waals surface area contributed by atoms with Gasteiger partial charge in [0, 0.05) is 6.42 Å². The molecule has 0 aliphatic rings. The van der Waals surface area contributed by atoms with Gasteiger partial charge in [0.2, 0.25) is 0 Å². The average Bonchev–Trinajstić information content (AvgIpc) is 2.30. The summed E-state index contributed by atoms with van der Waals surface area (Å²) >= 11 is 0. The second-order valence-electron chi connectivity index (χ2n) is 7.93. The van der Waals surface area contributed by atoms with Gasteiger partial charge in [-0.25, -0.2) is 0 Å². The standard InChI is InChI=1S/C19H38O2/c1-7-8-9-10-11-12-13-17(3)21-18(20)14-16(2)15-19(4,5)6/h16-17H,7-15H2,1-6H3. The summed E-state index contributed by atoms with van der Waals surface area (Å²) in [5.41, 5.74) is 0.282. The zero-order valence-corrected chi connectivity index (χ0v) is 15.3. The third-order valence-electron chi connectivity index (χ3n) is 3.77. The molecule has 0 saturated carbocycles. The van der Waals surface area contributed by atoms with Crippen LogP contribution in [-0.2, 0) is 9.53 Å². The summed E-state index contributed by atoms with van der Waals surface area (Å²) in [6.07, 6.45) is 10.4. The predicted molar refractivity (Wildman–Crippen MR) is 91.4 cm³/mol. The lowest BCUT2D eigenvalue weighted by atomic mass is 9.84. The third-order valence-corrected chi connectivity index (χ3v) is 3.77. The van der Waals surface area contributed by atoms with Crippen molar-refractivity contribution < 1.29 is 9.53 Å². The van der Waals surface area contributed by atoms with Crippen LogP contribution in [0, 0.1) is 11.3 Å². The van der Waals surface area contributed by atoms with Crippen LogP contribution in [0.2, 0.25) is 0 Å². The van der Waals surface area contributed by atoms with Gasteiger partial charge in [-0.3, -0.25) is 4.79 Å². The first kappa shape index (κ1) is 20.5. The Kier molecular flexibility index (Phi) is 10.8. The third kappa shape index (κ3) is 14.2. The van der Waals surface area contributed by atoms with Gasteiger partial charge in [0.05, 0.1) is 6.10 Å². The van der Waals surface area contributed by atoms with Crippen LogP contribution < -0.4 is 0 Å². The number of hydrogen-bond donors (Lipinski definition) is 0. The largest absolute Gasteiger partial charge is 0.463 e. The first-order valence-corrected chi connectivity index (χ1v) is 8.94. The Labute approximate surface area is 133 Å². The highest BCUT2D eigenvalue weighted by molar-refractivity contribution is 5.69. The topological polar surface area (TPSA) is 26.3 Å². The highest BCUT2D eigenvalue weighted by Crippen LogP contribution is 2.26. The highest BCUT2D eigenvalue weighted by Gasteiger charge is 2.19. The molecule has 2 nitrogen and oxygen atoms in total. The monoisotopic (exact) mass is 298 g/mol. The maximum atomic E-state index is 11.9. The van der Waals surface area contributed by atoms with Crippen molar-refractivity contribution in [3.63, 3.8) is 0 Å². The molecule has 0 aromatic rings. The van der Waals surface area contributed by atoms with Crippen molar-refractivity contribution in [1.29, 1.82) is 0 Å². The first-order valence-electron chi connectivity index (χ1n) is 8.94. The van der Waals surface area contributed by atoms with Gasteiger partial charge in [-0.15, -0.1) is 0 Å². The van der Waals surface area contributed by atoms with Crippen LogP contribution in [-0.4, -0.2) is 12.1 Å². The second kappa shape index (κ2) is 11.1. The fraction of sp³-hybridized carbons (Fsp3) is 0.947. The molecule has 0 N–H and O–H groups in total. The van der Waals surface area contributed by atoms with E-state index in [2.05, 4.69) is 34.6 Å². The molecule has 2 unspecified atom stereocenters. The van der Waals surface area contributed by atoms with Crippen molar-refractivity contribution in [3.8, 4) is 0 Å². The number of esters is 1. The summed E-state index contributed by atoms with van der Waals surface area (Å²) < 4.78 is 5.52. The van der Waals surface area contributed by atoms with Crippen molar-refractivity contribution in [3.05, 3.63) is 0 Å². The highest BCUT2D eigenvalue weighted by atomic mass is 16.5. The SMILES string of the molecule is CCCCCCCCC(C)OC(=O)CC(C)CC(C)(C)C. The van der Waals surface area contributed by atoms with E-state index in [1.807, 2.05) is 6.92 Å². The van der Waals surface area contributed by atoms with E-state index in [9.17, 15) is 4.79 Å². The Morgan fingerprint density at radius 3 is 2.14 bits per heavy atom. The van der Waals surface area contributed by atoms with E-state index >= 15 is 0 Å². The molecule has 0 aliphatic heterocycles. The second-order valence-corrected chi connectivity index (χ2v) is 7.93. The van der Waals surface area contributed by atoms with Gasteiger partial charge in [-0.05, 0) is 37.5 Å². The summed E-state index contributed by atoms with van der Waals surface area (Å²) in [5.74, 6) is 0.379. The van der Waals surface area contributed by atoms with Crippen LogP contribution in [0.5, 0.6) is 0 Å². The van der Waals surface area contributed by atoms with Gasteiger partial charge in [-0.1, -0.05) is 66.7 Å². The molecular weight excluding hydrogens is 260 g/mol. The van der Waals surface area contributed by atoms with Gasteiger partial charge >= 0.3 is 5.97 Å². The minimum atomic E-state index is -0.0229. The predicted octanol–water partition coefficient (Wildman–Crippen LogP) is 6.13. The maximum Gasteiger partial charge on any atom is 0.306 e. The molecular formula is C19H38O2. The molecule has 0 heterocycles. The van der Waals surface area contributed by atoms with E-state index in [0.717, 1.165) is 12.8 Å². The van der Waals surface area contributed by atoms with Gasteiger partial charge in [0.25, 0.3) is 0 Å². The van der Waals surface area contributed by atoms with Crippen LogP contribution in [0.15, 0.2) is 0 Å². The number of carbonyl (C=O) groups is 1. The lowest BCUT2D eigenvalue weighted by Gasteiger charge is -2.23. The van der Waals surface area contributed by atoms with Crippen molar-refractivity contribution >= 4 is 5.97 Å². The van der Waals surface area contributed by atoms with Crippen LogP contribution in [0.3, 0.4) is 0 Å². The normalized spacial score (nSPS) is 14.8. The number of ether oxygens (including phenoxy) is 1. The molecule has 0 aliphatic carbocycles. The molecule has 2 atom stereocenters. The number of rotatable bonds is 11. The summed E-state index contributed by atoms with van der Waals surface area (Å²) in [6, 6.07) is 0. The van der Waals surface area contributed by atoms with Crippen LogP contribution >= 0.6 is 0 Å². The van der Waals surface area contributed by atoms with Crippen molar-refractivity contribution in [2.75, 3.05) is 0 Å². The Morgan fingerprint density at radius 1 is 1.00 bits per heavy atom. The van der Waals surface area contributed by atoms with E-state index < -0.39 is 0 Å². The van der Waals surface area contributed by atoms with Gasteiger partial charge in [0.1, 0.15) is 0 Å². The quantitative estimate of drug-likeness (QED) is 0.339. The molecule has 0 spiro atoms. The number of hydrogen-bond acceptors (Lipinski definition) is 2. The number of carbonyl (C=O) groups excluding carboxylic acids is 1. The van der Waals surface area contributed by atoms with Crippen LogP contribution in [0.1, 0.15) is 99.3 Å². The number of unbranched alkanes of at least 4 members (excludes halogenated alkanes) is 5. The molecule has 2 heteroatoms. The molecule has 0 fully saturated rings. The van der Waals surface area contributed by atoms with E-state index in [0.29, 0.717) is 12.3 Å². The zero-order valence-electron chi connectivity index (χ0n) is 15.3. The molecule has 0 amide bonds. The Hall–Kier alpha value is -0.530. The minimum Gasteiger partial charge on any atom is -0.463 e. The molecule has 0 radical (unpaired) electrons. The fourth-order valence-corrected chi connectivity index (χ4v) is 2.95. The minimum absolute atomic E-state index is 0.0229. The summed E-state index contributed by atoms with van der Waals surface area (Å²) in [5, 5.41) is 0. The molecule has 0 aromatic heterocycles. The summed E-state index contributed by atoms with van der Waals surface area (Å²) in [7, 11) is 0.